The molecule has 0 saturated heterocycles. The molecule has 0 fully saturated rings. The Morgan fingerprint density at radius 3 is 2.04 bits per heavy atom. The predicted molar refractivity (Wildman–Crippen MR) is 175 cm³/mol. The molecule has 2 unspecified atom stereocenters. The largest absolute Gasteiger partial charge is 0.481 e. The number of hydrogen-bond acceptors (Lipinski definition) is 8. The van der Waals surface area contributed by atoms with Crippen LogP contribution < -0.4 is 32.7 Å². The molecule has 0 radical (unpaired) electrons. The van der Waals surface area contributed by atoms with Crippen molar-refractivity contribution in [1.82, 2.24) is 21.3 Å². The lowest BCUT2D eigenvalue weighted by atomic mass is 10.0. The molecule has 0 bridgehead atoms. The van der Waals surface area contributed by atoms with Gasteiger partial charge in [-0.25, -0.2) is 4.79 Å². The van der Waals surface area contributed by atoms with Crippen LogP contribution >= 0.6 is 12.4 Å². The Morgan fingerprint density at radius 2 is 1.47 bits per heavy atom. The number of nitrogens with one attached hydrogen (secondary N) is 5. The number of nitrogens with two attached hydrogens (primary N) is 2. The van der Waals surface area contributed by atoms with E-state index < -0.39 is 66.7 Å². The lowest BCUT2D eigenvalue weighted by Crippen LogP contribution is -2.57. The molecule has 2 aromatic rings. The zero-order valence-electron chi connectivity index (χ0n) is 25.5. The van der Waals surface area contributed by atoms with Gasteiger partial charge in [0.2, 0.25) is 23.6 Å². The van der Waals surface area contributed by atoms with Crippen LogP contribution in [-0.4, -0.2) is 77.9 Å². The number of nitrogen functional groups attached to an aromatic ring is 1. The van der Waals surface area contributed by atoms with Crippen molar-refractivity contribution in [2.45, 2.75) is 50.2 Å². The van der Waals surface area contributed by atoms with Gasteiger partial charge in [0, 0.05) is 24.9 Å². The maximum Gasteiger partial charge on any atom is 0.408 e. The third-order valence-electron chi connectivity index (χ3n) is 6.52. The predicted octanol–water partition coefficient (Wildman–Crippen LogP) is 0.284. The molecular formula is C31H40ClN7O8. The van der Waals surface area contributed by atoms with E-state index in [2.05, 4.69) is 27.8 Å². The van der Waals surface area contributed by atoms with Crippen molar-refractivity contribution in [3.63, 3.8) is 0 Å². The second kappa shape index (κ2) is 20.6. The molecule has 0 spiro atoms. The van der Waals surface area contributed by atoms with Gasteiger partial charge < -0.3 is 42.6 Å². The zero-order chi connectivity index (χ0) is 34.1. The molecule has 3 atom stereocenters. The van der Waals surface area contributed by atoms with Gasteiger partial charge in [-0.15, -0.1) is 12.4 Å². The van der Waals surface area contributed by atoms with Gasteiger partial charge in [0.15, 0.2) is 0 Å². The van der Waals surface area contributed by atoms with Crippen molar-refractivity contribution >= 4 is 53.9 Å². The zero-order valence-corrected chi connectivity index (χ0v) is 26.3. The molecule has 2 rings (SSSR count). The van der Waals surface area contributed by atoms with Gasteiger partial charge >= 0.3 is 12.1 Å². The van der Waals surface area contributed by atoms with Crippen molar-refractivity contribution in [1.29, 1.82) is 5.41 Å². The first-order valence-corrected chi connectivity index (χ1v) is 14.3. The monoisotopic (exact) mass is 673 g/mol. The molecule has 16 heteroatoms. The lowest BCUT2D eigenvalue weighted by Gasteiger charge is -2.25. The van der Waals surface area contributed by atoms with E-state index >= 15 is 0 Å². The fraction of sp³-hybridized carbons (Fsp3) is 0.323. The van der Waals surface area contributed by atoms with Gasteiger partial charge in [-0.05, 0) is 24.0 Å². The van der Waals surface area contributed by atoms with Gasteiger partial charge in [0.25, 0.3) is 0 Å². The van der Waals surface area contributed by atoms with Gasteiger partial charge in [-0.3, -0.25) is 29.4 Å². The molecule has 15 nitrogen and oxygen atoms in total. The van der Waals surface area contributed by atoms with Gasteiger partial charge in [-0.2, -0.15) is 0 Å². The SMILES string of the molecule is C=CCOC(=O)N[C@@H](Cc1ccc(C(=N)N)cc1)C(=O)NC(CCC(=O)O)C(=O)NC(CC(N)=O)C(=O)NCCc1ccccc1.Cl. The number of carbonyl (C=O) groups is 6. The van der Waals surface area contributed by atoms with E-state index in [1.165, 1.54) is 6.08 Å². The molecule has 0 aliphatic rings. The number of ether oxygens (including phenoxy) is 1. The highest BCUT2D eigenvalue weighted by Gasteiger charge is 2.31. The van der Waals surface area contributed by atoms with E-state index in [9.17, 15) is 33.9 Å². The van der Waals surface area contributed by atoms with Crippen LogP contribution in [0, 0.1) is 5.41 Å². The van der Waals surface area contributed by atoms with Crippen molar-refractivity contribution in [3.05, 3.63) is 83.9 Å². The van der Waals surface area contributed by atoms with E-state index in [0.29, 0.717) is 17.5 Å². The van der Waals surface area contributed by atoms with Gasteiger partial charge in [0.05, 0.1) is 6.42 Å². The molecule has 0 aromatic heterocycles. The number of rotatable bonds is 19. The van der Waals surface area contributed by atoms with Crippen LogP contribution in [0.3, 0.4) is 0 Å². The summed E-state index contributed by atoms with van der Waals surface area (Å²) in [5, 5.41) is 26.7. The number of benzene rings is 2. The summed E-state index contributed by atoms with van der Waals surface area (Å²) < 4.78 is 4.93. The second-order valence-corrected chi connectivity index (χ2v) is 10.2. The summed E-state index contributed by atoms with van der Waals surface area (Å²) in [5.74, 6) is -4.82. The topological polar surface area (TPSA) is 256 Å². The van der Waals surface area contributed by atoms with Crippen molar-refractivity contribution in [2.75, 3.05) is 13.2 Å². The molecule has 0 aliphatic heterocycles. The van der Waals surface area contributed by atoms with Crippen LogP contribution in [0.5, 0.6) is 0 Å². The minimum Gasteiger partial charge on any atom is -0.481 e. The number of alkyl carbamates (subject to hydrolysis) is 1. The molecular weight excluding hydrogens is 634 g/mol. The number of carboxylic acid groups (broad SMARTS) is 1. The normalized spacial score (nSPS) is 12.1. The summed E-state index contributed by atoms with van der Waals surface area (Å²) in [6.07, 6.45) is -0.724. The standard InChI is InChI=1S/C31H39N7O8.ClH/c1-2-16-46-31(45)38-23(17-20-8-10-21(11-9-20)27(33)34)30(44)36-22(12-13-26(40)41)29(43)37-24(18-25(32)39)28(42)35-15-14-19-6-4-3-5-7-19;/h2-11,22-24H,1,12-18H2,(H2,32,39)(H3,33,34)(H,35,42)(H,36,44)(H,37,43)(H,38,45)(H,40,41);1H/t22?,23-,24?;/m0./s1. The summed E-state index contributed by atoms with van der Waals surface area (Å²) >= 11 is 0. The third kappa shape index (κ3) is 14.9. The summed E-state index contributed by atoms with van der Waals surface area (Å²) in [6.45, 7) is 3.50. The minimum atomic E-state index is -1.48. The second-order valence-electron chi connectivity index (χ2n) is 10.2. The fourth-order valence-corrected chi connectivity index (χ4v) is 4.17. The van der Waals surface area contributed by atoms with Crippen LogP contribution in [0.25, 0.3) is 0 Å². The number of amides is 5. The number of amidine groups is 1. The molecule has 2 aromatic carbocycles. The fourth-order valence-electron chi connectivity index (χ4n) is 4.17. The highest BCUT2D eigenvalue weighted by Crippen LogP contribution is 2.09. The van der Waals surface area contributed by atoms with Crippen LogP contribution in [0.2, 0.25) is 0 Å². The maximum absolute atomic E-state index is 13.4. The average molecular weight is 674 g/mol. The molecule has 0 heterocycles. The Labute approximate surface area is 277 Å². The number of carbonyl (C=O) groups excluding carboxylic acids is 5. The first kappa shape index (κ1) is 39.6. The van der Waals surface area contributed by atoms with E-state index in [1.807, 2.05) is 30.3 Å². The van der Waals surface area contributed by atoms with Crippen molar-refractivity contribution in [2.24, 2.45) is 11.5 Å². The van der Waals surface area contributed by atoms with Gasteiger partial charge in [0.1, 0.15) is 30.6 Å². The third-order valence-corrected chi connectivity index (χ3v) is 6.52. The Morgan fingerprint density at radius 1 is 0.851 bits per heavy atom. The summed E-state index contributed by atoms with van der Waals surface area (Å²) in [7, 11) is 0. The molecule has 47 heavy (non-hydrogen) atoms. The molecule has 10 N–H and O–H groups in total. The highest BCUT2D eigenvalue weighted by molar-refractivity contribution is 5.96. The molecule has 0 saturated carbocycles. The summed E-state index contributed by atoms with van der Waals surface area (Å²) in [4.78, 5) is 75.0. The van der Waals surface area contributed by atoms with Crippen LogP contribution in [0.1, 0.15) is 36.0 Å². The Kier molecular flexibility index (Phi) is 17.3. The van der Waals surface area contributed by atoms with Crippen LogP contribution in [0.15, 0.2) is 67.3 Å². The minimum absolute atomic E-state index is 0. The number of aliphatic carboxylic acids is 1. The van der Waals surface area contributed by atoms with Crippen molar-refractivity contribution < 1.29 is 38.6 Å². The highest BCUT2D eigenvalue weighted by atomic mass is 35.5. The molecule has 0 aliphatic carbocycles. The molecule has 254 valence electrons. The van der Waals surface area contributed by atoms with E-state index in [-0.39, 0.29) is 44.2 Å². The quantitative estimate of drug-likeness (QED) is 0.0578. The summed E-state index contributed by atoms with van der Waals surface area (Å²) in [6, 6.07) is 11.4. The molecule has 5 amide bonds. The summed E-state index contributed by atoms with van der Waals surface area (Å²) in [5.41, 5.74) is 12.7. The number of carboxylic acids is 1. The average Bonchev–Trinajstić information content (AvgIpc) is 3.01. The van der Waals surface area contributed by atoms with Gasteiger partial charge in [-0.1, -0.05) is 67.3 Å². The number of primary amides is 1. The van der Waals surface area contributed by atoms with E-state index in [0.717, 1.165) is 5.56 Å². The first-order valence-electron chi connectivity index (χ1n) is 14.3. The van der Waals surface area contributed by atoms with Crippen LogP contribution in [0.4, 0.5) is 4.79 Å². The van der Waals surface area contributed by atoms with Crippen molar-refractivity contribution in [3.8, 4) is 0 Å². The van der Waals surface area contributed by atoms with E-state index in [1.54, 1.807) is 24.3 Å². The maximum atomic E-state index is 13.4. The lowest BCUT2D eigenvalue weighted by molar-refractivity contribution is -0.138. The van der Waals surface area contributed by atoms with E-state index in [4.69, 9.17) is 21.6 Å². The Hall–Kier alpha value is -5.44. The first-order chi connectivity index (χ1) is 21.9. The smallest absolute Gasteiger partial charge is 0.408 e. The Bertz CT molecular complexity index is 1410. The van der Waals surface area contributed by atoms with Crippen LogP contribution in [-0.2, 0) is 41.6 Å². The number of hydrogen-bond donors (Lipinski definition) is 8. The Balaban J connectivity index is 0.0000110. The number of halogens is 1.